The van der Waals surface area contributed by atoms with Crippen molar-refractivity contribution in [3.8, 4) is 0 Å². The maximum absolute atomic E-state index is 11.5. The molecule has 0 rings (SSSR count). The van der Waals surface area contributed by atoms with Crippen LogP contribution in [-0.2, 0) is 9.59 Å². The number of nitrogens with one attached hydrogen (secondary N) is 1. The van der Waals surface area contributed by atoms with Crippen LogP contribution in [0.2, 0.25) is 0 Å². The third-order valence-corrected chi connectivity index (χ3v) is 2.60. The van der Waals surface area contributed by atoms with Crippen molar-refractivity contribution in [3.05, 3.63) is 0 Å². The van der Waals surface area contributed by atoms with E-state index in [4.69, 9.17) is 10.8 Å². The van der Waals surface area contributed by atoms with Crippen LogP contribution >= 0.6 is 0 Å². The van der Waals surface area contributed by atoms with Crippen LogP contribution in [0.25, 0.3) is 0 Å². The van der Waals surface area contributed by atoms with Gasteiger partial charge in [-0.2, -0.15) is 0 Å². The first kappa shape index (κ1) is 15.9. The van der Waals surface area contributed by atoms with Gasteiger partial charge in [0.05, 0.1) is 0 Å². The van der Waals surface area contributed by atoms with Crippen LogP contribution in [0.15, 0.2) is 0 Å². The smallest absolute Gasteiger partial charge is 0.326 e. The SMILES string of the molecule is CCCCCCCC(=O)NC(CCN)C(=O)O. The van der Waals surface area contributed by atoms with E-state index in [1.54, 1.807) is 0 Å². The number of carbonyl (C=O) groups excluding carboxylic acids is 1. The molecular weight excluding hydrogens is 220 g/mol. The zero-order valence-electron chi connectivity index (χ0n) is 10.6. The standard InChI is InChI=1S/C12H24N2O3/c1-2-3-4-5-6-7-11(15)14-10(8-9-13)12(16)17/h10H,2-9,13H2,1H3,(H,14,15)(H,16,17). The first-order valence-electron chi connectivity index (χ1n) is 6.34. The lowest BCUT2D eigenvalue weighted by Gasteiger charge is -2.13. The Hall–Kier alpha value is -1.10. The van der Waals surface area contributed by atoms with Gasteiger partial charge in [-0.25, -0.2) is 4.79 Å². The number of carboxylic acid groups (broad SMARTS) is 1. The quantitative estimate of drug-likeness (QED) is 0.504. The van der Waals surface area contributed by atoms with Crippen LogP contribution in [0.1, 0.15) is 51.9 Å². The molecule has 0 fully saturated rings. The largest absolute Gasteiger partial charge is 0.480 e. The fraction of sp³-hybridized carbons (Fsp3) is 0.833. The van der Waals surface area contributed by atoms with Crippen molar-refractivity contribution in [1.82, 2.24) is 5.32 Å². The minimum atomic E-state index is -1.02. The number of rotatable bonds is 10. The molecule has 0 aromatic rings. The van der Waals surface area contributed by atoms with Gasteiger partial charge in [0, 0.05) is 6.42 Å². The second-order valence-electron chi connectivity index (χ2n) is 4.20. The van der Waals surface area contributed by atoms with E-state index in [2.05, 4.69) is 12.2 Å². The average Bonchev–Trinajstić information content (AvgIpc) is 2.28. The molecule has 1 atom stereocenters. The first-order chi connectivity index (χ1) is 8.11. The molecule has 0 heterocycles. The number of carbonyl (C=O) groups is 2. The number of hydrogen-bond donors (Lipinski definition) is 3. The molecule has 0 bridgehead atoms. The van der Waals surface area contributed by atoms with Crippen LogP contribution in [-0.4, -0.2) is 29.6 Å². The molecule has 0 saturated carbocycles. The lowest BCUT2D eigenvalue weighted by Crippen LogP contribution is -2.41. The lowest BCUT2D eigenvalue weighted by molar-refractivity contribution is -0.142. The van der Waals surface area contributed by atoms with Crippen molar-refractivity contribution < 1.29 is 14.7 Å². The summed E-state index contributed by atoms with van der Waals surface area (Å²) in [5.74, 6) is -1.21. The normalized spacial score (nSPS) is 12.1. The van der Waals surface area contributed by atoms with Crippen LogP contribution in [0.3, 0.4) is 0 Å². The fourth-order valence-corrected chi connectivity index (χ4v) is 1.58. The first-order valence-corrected chi connectivity index (χ1v) is 6.34. The highest BCUT2D eigenvalue weighted by Crippen LogP contribution is 2.05. The van der Waals surface area contributed by atoms with Crippen molar-refractivity contribution in [2.45, 2.75) is 57.9 Å². The van der Waals surface area contributed by atoms with E-state index in [0.717, 1.165) is 19.3 Å². The molecule has 4 N–H and O–H groups in total. The highest BCUT2D eigenvalue weighted by Gasteiger charge is 2.18. The molecule has 100 valence electrons. The van der Waals surface area contributed by atoms with Crippen molar-refractivity contribution >= 4 is 11.9 Å². The molecule has 17 heavy (non-hydrogen) atoms. The Morgan fingerprint density at radius 2 is 1.88 bits per heavy atom. The van der Waals surface area contributed by atoms with E-state index >= 15 is 0 Å². The summed E-state index contributed by atoms with van der Waals surface area (Å²) < 4.78 is 0. The summed E-state index contributed by atoms with van der Waals surface area (Å²) in [6.07, 6.45) is 6.01. The van der Waals surface area contributed by atoms with Gasteiger partial charge < -0.3 is 16.2 Å². The molecule has 0 aliphatic rings. The van der Waals surface area contributed by atoms with Crippen molar-refractivity contribution in [3.63, 3.8) is 0 Å². The maximum Gasteiger partial charge on any atom is 0.326 e. The van der Waals surface area contributed by atoms with E-state index in [-0.39, 0.29) is 18.9 Å². The Labute approximate surface area is 103 Å². The highest BCUT2D eigenvalue weighted by atomic mass is 16.4. The van der Waals surface area contributed by atoms with Gasteiger partial charge >= 0.3 is 5.97 Å². The molecule has 5 nitrogen and oxygen atoms in total. The van der Waals surface area contributed by atoms with Crippen molar-refractivity contribution in [1.29, 1.82) is 0 Å². The molecule has 1 amide bonds. The number of unbranched alkanes of at least 4 members (excludes halogenated alkanes) is 4. The van der Waals surface area contributed by atoms with Gasteiger partial charge in [-0.1, -0.05) is 32.6 Å². The van der Waals surface area contributed by atoms with Crippen molar-refractivity contribution in [2.75, 3.05) is 6.54 Å². The predicted molar refractivity (Wildman–Crippen MR) is 66.6 cm³/mol. The van der Waals surface area contributed by atoms with Gasteiger partial charge in [0.25, 0.3) is 0 Å². The van der Waals surface area contributed by atoms with Gasteiger partial charge in [0.2, 0.25) is 5.91 Å². The Bertz CT molecular complexity index is 232. The summed E-state index contributed by atoms with van der Waals surface area (Å²) in [5, 5.41) is 11.3. The van der Waals surface area contributed by atoms with Gasteiger partial charge in [0.15, 0.2) is 0 Å². The molecule has 5 heteroatoms. The van der Waals surface area contributed by atoms with Gasteiger partial charge in [-0.3, -0.25) is 4.79 Å². The summed E-state index contributed by atoms with van der Waals surface area (Å²) in [5.41, 5.74) is 5.28. The fourth-order valence-electron chi connectivity index (χ4n) is 1.58. The van der Waals surface area contributed by atoms with Crippen LogP contribution < -0.4 is 11.1 Å². The lowest BCUT2D eigenvalue weighted by atomic mass is 10.1. The Balaban J connectivity index is 3.71. The van der Waals surface area contributed by atoms with E-state index in [9.17, 15) is 9.59 Å². The van der Waals surface area contributed by atoms with E-state index in [1.807, 2.05) is 0 Å². The molecular formula is C12H24N2O3. The molecule has 0 aliphatic heterocycles. The minimum Gasteiger partial charge on any atom is -0.480 e. The Morgan fingerprint density at radius 1 is 1.24 bits per heavy atom. The van der Waals surface area contributed by atoms with Crippen molar-refractivity contribution in [2.24, 2.45) is 5.73 Å². The van der Waals surface area contributed by atoms with Crippen LogP contribution in [0.5, 0.6) is 0 Å². The summed E-state index contributed by atoms with van der Waals surface area (Å²) in [6.45, 7) is 2.39. The van der Waals surface area contributed by atoms with Crippen LogP contribution in [0.4, 0.5) is 0 Å². The number of aliphatic carboxylic acids is 1. The van der Waals surface area contributed by atoms with E-state index in [1.165, 1.54) is 12.8 Å². The third kappa shape index (κ3) is 8.68. The zero-order chi connectivity index (χ0) is 13.1. The molecule has 0 aliphatic carbocycles. The summed E-state index contributed by atoms with van der Waals surface area (Å²) in [6, 6.07) is -0.844. The Kier molecular flexibility index (Phi) is 9.43. The molecule has 0 saturated heterocycles. The minimum absolute atomic E-state index is 0.192. The van der Waals surface area contributed by atoms with Crippen LogP contribution in [0, 0.1) is 0 Å². The monoisotopic (exact) mass is 244 g/mol. The summed E-state index contributed by atoms with van der Waals surface area (Å²) in [4.78, 5) is 22.2. The van der Waals surface area contributed by atoms with Gasteiger partial charge in [-0.15, -0.1) is 0 Å². The molecule has 1 unspecified atom stereocenters. The summed E-state index contributed by atoms with van der Waals surface area (Å²) >= 11 is 0. The second-order valence-corrected chi connectivity index (χ2v) is 4.20. The number of amides is 1. The van der Waals surface area contributed by atoms with Gasteiger partial charge in [0.1, 0.15) is 6.04 Å². The van der Waals surface area contributed by atoms with E-state index in [0.29, 0.717) is 6.42 Å². The second kappa shape index (κ2) is 10.1. The highest BCUT2D eigenvalue weighted by molar-refractivity contribution is 5.83. The number of hydrogen-bond acceptors (Lipinski definition) is 3. The number of carboxylic acids is 1. The van der Waals surface area contributed by atoms with Gasteiger partial charge in [-0.05, 0) is 19.4 Å². The number of nitrogens with two attached hydrogens (primary N) is 1. The molecule has 0 radical (unpaired) electrons. The molecule has 0 aromatic heterocycles. The molecule has 0 aromatic carbocycles. The third-order valence-electron chi connectivity index (χ3n) is 2.60. The average molecular weight is 244 g/mol. The van der Waals surface area contributed by atoms with E-state index < -0.39 is 12.0 Å². The maximum atomic E-state index is 11.5. The summed E-state index contributed by atoms with van der Waals surface area (Å²) in [7, 11) is 0. The molecule has 0 spiro atoms. The predicted octanol–water partition coefficient (Wildman–Crippen LogP) is 1.27. The topological polar surface area (TPSA) is 92.4 Å². The zero-order valence-corrected chi connectivity index (χ0v) is 10.6. The Morgan fingerprint density at radius 3 is 2.41 bits per heavy atom.